The monoisotopic (exact) mass is 562 g/mol. The highest BCUT2D eigenvalue weighted by Crippen LogP contribution is 2.28. The maximum Gasteiger partial charge on any atom is 0.416 e. The Hall–Kier alpha value is -4.04. The summed E-state index contributed by atoms with van der Waals surface area (Å²) < 4.78 is 42.2. The molecule has 1 atom stereocenters. The molecule has 0 radical (unpaired) electrons. The van der Waals surface area contributed by atoms with Gasteiger partial charge in [-0.2, -0.15) is 13.2 Å². The number of halogens is 4. The minimum Gasteiger partial charge on any atom is -0.382 e. The minimum atomic E-state index is -4.94. The molecule has 1 aliphatic rings. The lowest BCUT2D eigenvalue weighted by Gasteiger charge is -2.15. The van der Waals surface area contributed by atoms with Crippen LogP contribution in [0.3, 0.4) is 0 Å². The fraction of sp³-hybridized carbons (Fsp3) is 0.333. The molecule has 2 N–H and O–H groups in total. The van der Waals surface area contributed by atoms with E-state index in [1.807, 2.05) is 0 Å². The van der Waals surface area contributed by atoms with E-state index in [1.165, 1.54) is 41.5 Å². The van der Waals surface area contributed by atoms with Crippen molar-refractivity contribution < 1.29 is 23.1 Å². The summed E-state index contributed by atoms with van der Waals surface area (Å²) in [5, 5.41) is 21.4. The molecule has 0 spiro atoms. The average Bonchev–Trinajstić information content (AvgIpc) is 3.55. The van der Waals surface area contributed by atoms with E-state index in [9.17, 15) is 27.9 Å². The molecule has 1 saturated carbocycles. The Bertz CT molecular complexity index is 1540. The first kappa shape index (κ1) is 26.6. The Morgan fingerprint density at radius 1 is 1.15 bits per heavy atom. The number of carbonyl (C=O) groups excluding carboxylic acids is 1. The van der Waals surface area contributed by atoms with Gasteiger partial charge in [-0.3, -0.25) is 9.36 Å². The predicted molar refractivity (Wildman–Crippen MR) is 132 cm³/mol. The average molecular weight is 563 g/mol. The van der Waals surface area contributed by atoms with E-state index in [4.69, 9.17) is 11.6 Å². The number of aliphatic hydroxyl groups is 1. The molecule has 0 aliphatic heterocycles. The lowest BCUT2D eigenvalue weighted by molar-refractivity contribution is -0.207. The van der Waals surface area contributed by atoms with Gasteiger partial charge in [0.15, 0.2) is 23.4 Å². The Morgan fingerprint density at radius 2 is 1.90 bits per heavy atom. The van der Waals surface area contributed by atoms with Gasteiger partial charge < -0.3 is 10.4 Å². The fourth-order valence-electron chi connectivity index (χ4n) is 3.82. The molecule has 4 aromatic rings. The van der Waals surface area contributed by atoms with Crippen molar-refractivity contribution in [3.05, 3.63) is 75.9 Å². The van der Waals surface area contributed by atoms with Gasteiger partial charge in [-0.05, 0) is 55.2 Å². The molecule has 3 aromatic heterocycles. The number of aromatic nitrogens is 7. The SMILES string of the molecule is O=C(NCC1CC1)c1ncccc1-n1cnc(Cn2nc(-c3ccc(Cl)cc3)n(CC(O)C(F)(F)F)c2=O)n1. The number of nitrogens with zero attached hydrogens (tertiary/aromatic N) is 7. The van der Waals surface area contributed by atoms with Gasteiger partial charge in [0.05, 0.1) is 12.2 Å². The number of alkyl halides is 3. The summed E-state index contributed by atoms with van der Waals surface area (Å²) in [6, 6.07) is 9.26. The third kappa shape index (κ3) is 6.01. The van der Waals surface area contributed by atoms with Crippen LogP contribution in [0.5, 0.6) is 0 Å². The van der Waals surface area contributed by atoms with Gasteiger partial charge >= 0.3 is 11.9 Å². The molecular formula is C24H22ClF3N8O3. The lowest BCUT2D eigenvalue weighted by atomic mass is 10.2. The summed E-state index contributed by atoms with van der Waals surface area (Å²) in [5.41, 5.74) is -0.0822. The number of amides is 1. The Kier molecular flexibility index (Phi) is 7.23. The van der Waals surface area contributed by atoms with E-state index >= 15 is 0 Å². The van der Waals surface area contributed by atoms with Crippen LogP contribution in [-0.2, 0) is 13.1 Å². The van der Waals surface area contributed by atoms with Crippen LogP contribution in [0.4, 0.5) is 13.2 Å². The van der Waals surface area contributed by atoms with Crippen molar-refractivity contribution in [1.82, 2.24) is 39.4 Å². The molecule has 39 heavy (non-hydrogen) atoms. The topological polar surface area (TPSA) is 133 Å². The molecule has 11 nitrogen and oxygen atoms in total. The second kappa shape index (κ2) is 10.6. The third-order valence-corrected chi connectivity index (χ3v) is 6.34. The molecule has 1 unspecified atom stereocenters. The van der Waals surface area contributed by atoms with Crippen molar-refractivity contribution in [3.8, 4) is 17.1 Å². The second-order valence-electron chi connectivity index (χ2n) is 9.07. The van der Waals surface area contributed by atoms with E-state index in [0.29, 0.717) is 28.7 Å². The first-order valence-corrected chi connectivity index (χ1v) is 12.3. The molecule has 1 fully saturated rings. The molecular weight excluding hydrogens is 541 g/mol. The van der Waals surface area contributed by atoms with E-state index in [2.05, 4.69) is 25.5 Å². The van der Waals surface area contributed by atoms with Gasteiger partial charge in [-0.15, -0.1) is 10.2 Å². The number of pyridine rings is 1. The molecule has 1 aliphatic carbocycles. The molecule has 204 valence electrons. The molecule has 1 amide bonds. The second-order valence-corrected chi connectivity index (χ2v) is 9.51. The van der Waals surface area contributed by atoms with Crippen LogP contribution in [0.2, 0.25) is 5.02 Å². The lowest BCUT2D eigenvalue weighted by Crippen LogP contribution is -2.37. The van der Waals surface area contributed by atoms with Crippen molar-refractivity contribution in [2.45, 2.75) is 38.2 Å². The molecule has 1 aromatic carbocycles. The first-order valence-electron chi connectivity index (χ1n) is 11.9. The Labute approximate surface area is 223 Å². The predicted octanol–water partition coefficient (Wildman–Crippen LogP) is 2.45. The van der Waals surface area contributed by atoms with Gasteiger partial charge in [0.25, 0.3) is 5.91 Å². The van der Waals surface area contributed by atoms with Gasteiger partial charge in [-0.25, -0.2) is 24.1 Å². The number of hydrogen-bond donors (Lipinski definition) is 2. The van der Waals surface area contributed by atoms with Crippen molar-refractivity contribution in [2.75, 3.05) is 6.54 Å². The van der Waals surface area contributed by atoms with Gasteiger partial charge in [0, 0.05) is 23.3 Å². The van der Waals surface area contributed by atoms with Crippen LogP contribution in [-0.4, -0.2) is 63.9 Å². The van der Waals surface area contributed by atoms with Crippen molar-refractivity contribution >= 4 is 17.5 Å². The third-order valence-electron chi connectivity index (χ3n) is 6.09. The normalized spacial score (nSPS) is 14.4. The summed E-state index contributed by atoms with van der Waals surface area (Å²) in [5.74, 6) is 0.128. The van der Waals surface area contributed by atoms with E-state index in [0.717, 1.165) is 22.1 Å². The summed E-state index contributed by atoms with van der Waals surface area (Å²) in [4.78, 5) is 34.1. The van der Waals surface area contributed by atoms with Gasteiger partial charge in [-0.1, -0.05) is 11.6 Å². The number of rotatable bonds is 9. The number of nitrogens with one attached hydrogen (secondary N) is 1. The van der Waals surface area contributed by atoms with Gasteiger partial charge in [0.2, 0.25) is 0 Å². The Morgan fingerprint density at radius 3 is 2.59 bits per heavy atom. The quantitative estimate of drug-likeness (QED) is 0.320. The molecule has 0 saturated heterocycles. The number of hydrogen-bond acceptors (Lipinski definition) is 7. The maximum atomic E-state index is 13.1. The summed E-state index contributed by atoms with van der Waals surface area (Å²) in [6.45, 7) is -0.787. The highest BCUT2D eigenvalue weighted by Gasteiger charge is 2.39. The van der Waals surface area contributed by atoms with Crippen molar-refractivity contribution in [3.63, 3.8) is 0 Å². The standard InChI is InChI=1S/C24H22ClF3N8O3/c25-16-7-5-15(6-8-16)21-33-35(23(39)34(21)11-18(37)24(26,27)28)12-19-31-13-36(32-19)17-2-1-9-29-20(17)22(38)30-10-14-3-4-14/h1-2,5-9,13-14,18,37H,3-4,10-12H2,(H,30,38). The zero-order valence-electron chi connectivity index (χ0n) is 20.2. The minimum absolute atomic E-state index is 0.0960. The van der Waals surface area contributed by atoms with Gasteiger partial charge in [0.1, 0.15) is 12.9 Å². The van der Waals surface area contributed by atoms with Crippen LogP contribution in [0.25, 0.3) is 17.1 Å². The Balaban J connectivity index is 1.43. The summed E-state index contributed by atoms with van der Waals surface area (Å²) in [7, 11) is 0. The fourth-order valence-corrected chi connectivity index (χ4v) is 3.94. The molecule has 3 heterocycles. The number of aliphatic hydroxyl groups excluding tert-OH is 1. The number of carbonyl (C=O) groups is 1. The van der Waals surface area contributed by atoms with Crippen LogP contribution in [0, 0.1) is 5.92 Å². The van der Waals surface area contributed by atoms with Crippen LogP contribution < -0.4 is 11.0 Å². The van der Waals surface area contributed by atoms with Crippen molar-refractivity contribution in [1.29, 1.82) is 0 Å². The molecule has 0 bridgehead atoms. The molecule has 15 heteroatoms. The summed E-state index contributed by atoms with van der Waals surface area (Å²) >= 11 is 5.91. The van der Waals surface area contributed by atoms with Crippen LogP contribution in [0.1, 0.15) is 29.2 Å². The molecule has 5 rings (SSSR count). The maximum absolute atomic E-state index is 13.1. The van der Waals surface area contributed by atoms with E-state index in [-0.39, 0.29) is 29.8 Å². The van der Waals surface area contributed by atoms with E-state index in [1.54, 1.807) is 12.1 Å². The highest BCUT2D eigenvalue weighted by molar-refractivity contribution is 6.30. The number of benzene rings is 1. The van der Waals surface area contributed by atoms with Crippen molar-refractivity contribution in [2.24, 2.45) is 5.92 Å². The zero-order valence-corrected chi connectivity index (χ0v) is 21.0. The van der Waals surface area contributed by atoms with Crippen LogP contribution in [0.15, 0.2) is 53.7 Å². The highest BCUT2D eigenvalue weighted by atomic mass is 35.5. The summed E-state index contributed by atoms with van der Waals surface area (Å²) in [6.07, 6.45) is -2.76. The zero-order chi connectivity index (χ0) is 27.7. The smallest absolute Gasteiger partial charge is 0.382 e. The van der Waals surface area contributed by atoms with E-state index < -0.39 is 24.5 Å². The first-order chi connectivity index (χ1) is 18.6. The largest absolute Gasteiger partial charge is 0.416 e. The van der Waals surface area contributed by atoms with Crippen LogP contribution >= 0.6 is 11.6 Å².